The number of benzene rings is 3. The minimum Gasteiger partial charge on any atom is -0.454 e. The van der Waals surface area contributed by atoms with Crippen molar-refractivity contribution in [2.45, 2.75) is 18.6 Å². The number of anilines is 1. The van der Waals surface area contributed by atoms with Gasteiger partial charge in [0.05, 0.1) is 23.2 Å². The minimum absolute atomic E-state index is 0.125. The van der Waals surface area contributed by atoms with Crippen molar-refractivity contribution in [2.24, 2.45) is 0 Å². The Balaban J connectivity index is 1.42. The zero-order valence-corrected chi connectivity index (χ0v) is 18.7. The van der Waals surface area contributed by atoms with Gasteiger partial charge in [-0.05, 0) is 48.9 Å². The molecule has 1 aliphatic heterocycles. The average Bonchev–Trinajstić information content (AvgIpc) is 3.29. The molecule has 0 radical (unpaired) electrons. The standard InChI is InChI=1S/C25H21N3O4S/c1-16-6-9-18(10-7-16)26-23(29)14-33-25-27-20-5-3-2-4-19(20)24(30)28(25)13-17-8-11-21-22(12-17)32-15-31-21/h2-12H,13-15H2,1H3,(H,26,29). The van der Waals surface area contributed by atoms with E-state index >= 15 is 0 Å². The lowest BCUT2D eigenvalue weighted by Gasteiger charge is -2.14. The smallest absolute Gasteiger partial charge is 0.262 e. The molecule has 0 unspecified atom stereocenters. The first-order valence-corrected chi connectivity index (χ1v) is 11.4. The van der Waals surface area contributed by atoms with Crippen LogP contribution in [0.4, 0.5) is 5.69 Å². The van der Waals surface area contributed by atoms with E-state index in [1.807, 2.05) is 61.5 Å². The summed E-state index contributed by atoms with van der Waals surface area (Å²) in [6.45, 7) is 2.48. The number of hydrogen-bond acceptors (Lipinski definition) is 6. The third-order valence-electron chi connectivity index (χ3n) is 5.27. The summed E-state index contributed by atoms with van der Waals surface area (Å²) in [6.07, 6.45) is 0. The van der Waals surface area contributed by atoms with Gasteiger partial charge in [-0.15, -0.1) is 0 Å². The largest absolute Gasteiger partial charge is 0.454 e. The molecular weight excluding hydrogens is 438 g/mol. The van der Waals surface area contributed by atoms with Gasteiger partial charge < -0.3 is 14.8 Å². The highest BCUT2D eigenvalue weighted by Crippen LogP contribution is 2.33. The number of para-hydroxylation sites is 1. The maximum Gasteiger partial charge on any atom is 0.262 e. The quantitative estimate of drug-likeness (QED) is 0.344. The van der Waals surface area contributed by atoms with E-state index in [9.17, 15) is 9.59 Å². The highest BCUT2D eigenvalue weighted by Gasteiger charge is 2.17. The van der Waals surface area contributed by atoms with Crippen molar-refractivity contribution < 1.29 is 14.3 Å². The Hall–Kier alpha value is -3.78. The Labute approximate surface area is 194 Å². The zero-order valence-electron chi connectivity index (χ0n) is 17.9. The van der Waals surface area contributed by atoms with Gasteiger partial charge in [-0.2, -0.15) is 0 Å². The van der Waals surface area contributed by atoms with Crippen LogP contribution in [0.5, 0.6) is 11.5 Å². The molecule has 2 heterocycles. The first kappa shape index (κ1) is 21.1. The van der Waals surface area contributed by atoms with Crippen LogP contribution in [0.2, 0.25) is 0 Å². The van der Waals surface area contributed by atoms with Crippen LogP contribution >= 0.6 is 11.8 Å². The van der Waals surface area contributed by atoms with E-state index in [1.54, 1.807) is 16.7 Å². The number of hydrogen-bond donors (Lipinski definition) is 1. The number of thioether (sulfide) groups is 1. The predicted octanol–water partition coefficient (Wildman–Crippen LogP) is 4.21. The first-order valence-electron chi connectivity index (χ1n) is 10.4. The molecule has 8 heteroatoms. The summed E-state index contributed by atoms with van der Waals surface area (Å²) < 4.78 is 12.4. The monoisotopic (exact) mass is 459 g/mol. The van der Waals surface area contributed by atoms with Gasteiger partial charge in [0.2, 0.25) is 12.7 Å². The lowest BCUT2D eigenvalue weighted by atomic mass is 10.2. The van der Waals surface area contributed by atoms with Crippen molar-refractivity contribution in [3.8, 4) is 11.5 Å². The minimum atomic E-state index is -0.166. The number of rotatable bonds is 6. The summed E-state index contributed by atoms with van der Waals surface area (Å²) in [5.74, 6) is 1.30. The zero-order chi connectivity index (χ0) is 22.8. The summed E-state index contributed by atoms with van der Waals surface area (Å²) in [4.78, 5) is 30.5. The van der Waals surface area contributed by atoms with Crippen molar-refractivity contribution in [2.75, 3.05) is 17.9 Å². The van der Waals surface area contributed by atoms with Crippen molar-refractivity contribution in [1.29, 1.82) is 0 Å². The number of aromatic nitrogens is 2. The molecule has 1 aromatic heterocycles. The van der Waals surface area contributed by atoms with Gasteiger partial charge in [0, 0.05) is 5.69 Å². The third-order valence-corrected chi connectivity index (χ3v) is 6.25. The molecule has 4 aromatic rings. The van der Waals surface area contributed by atoms with E-state index in [0.29, 0.717) is 34.1 Å². The van der Waals surface area contributed by atoms with Gasteiger partial charge >= 0.3 is 0 Å². The Bertz CT molecular complexity index is 1400. The van der Waals surface area contributed by atoms with E-state index in [2.05, 4.69) is 10.3 Å². The number of nitrogens with zero attached hydrogens (tertiary/aromatic N) is 2. The number of nitrogens with one attached hydrogen (secondary N) is 1. The molecule has 0 saturated heterocycles. The van der Waals surface area contributed by atoms with Gasteiger partial charge in [0.1, 0.15) is 0 Å². The second kappa shape index (κ2) is 8.99. The topological polar surface area (TPSA) is 82.5 Å². The Kier molecular flexibility index (Phi) is 5.75. The molecule has 0 bridgehead atoms. The van der Waals surface area contributed by atoms with Crippen molar-refractivity contribution in [1.82, 2.24) is 9.55 Å². The van der Waals surface area contributed by atoms with Gasteiger partial charge in [-0.25, -0.2) is 4.98 Å². The second-order valence-corrected chi connectivity index (χ2v) is 8.64. The molecule has 0 saturated carbocycles. The predicted molar refractivity (Wildman–Crippen MR) is 128 cm³/mol. The average molecular weight is 460 g/mol. The Morgan fingerprint density at radius 3 is 2.70 bits per heavy atom. The molecular formula is C25H21N3O4S. The number of amides is 1. The highest BCUT2D eigenvalue weighted by molar-refractivity contribution is 7.99. The molecule has 0 fully saturated rings. The van der Waals surface area contributed by atoms with Crippen LogP contribution in [0.3, 0.4) is 0 Å². The van der Waals surface area contributed by atoms with E-state index in [4.69, 9.17) is 9.47 Å². The molecule has 7 nitrogen and oxygen atoms in total. The molecule has 1 amide bonds. The van der Waals surface area contributed by atoms with Crippen molar-refractivity contribution >= 4 is 34.3 Å². The van der Waals surface area contributed by atoms with Crippen LogP contribution in [-0.4, -0.2) is 28.0 Å². The van der Waals surface area contributed by atoms with Crippen LogP contribution in [0.25, 0.3) is 10.9 Å². The number of aryl methyl sites for hydroxylation is 1. The SMILES string of the molecule is Cc1ccc(NC(=O)CSc2nc3ccccc3c(=O)n2Cc2ccc3c(c2)OCO3)cc1. The van der Waals surface area contributed by atoms with Gasteiger partial charge in [-0.1, -0.05) is 47.7 Å². The number of ether oxygens (including phenoxy) is 2. The van der Waals surface area contributed by atoms with Gasteiger partial charge in [-0.3, -0.25) is 14.2 Å². The first-order chi connectivity index (χ1) is 16.1. The molecule has 0 atom stereocenters. The van der Waals surface area contributed by atoms with Crippen LogP contribution in [0.15, 0.2) is 76.7 Å². The lowest BCUT2D eigenvalue weighted by Crippen LogP contribution is -2.25. The van der Waals surface area contributed by atoms with E-state index in [1.165, 1.54) is 11.8 Å². The van der Waals surface area contributed by atoms with Gasteiger partial charge in [0.25, 0.3) is 5.56 Å². The highest BCUT2D eigenvalue weighted by atomic mass is 32.2. The van der Waals surface area contributed by atoms with Crippen molar-refractivity contribution in [3.63, 3.8) is 0 Å². The summed E-state index contributed by atoms with van der Waals surface area (Å²) in [5, 5.41) is 3.90. The molecule has 1 aliphatic rings. The second-order valence-electron chi connectivity index (χ2n) is 7.69. The molecule has 1 N–H and O–H groups in total. The summed E-state index contributed by atoms with van der Waals surface area (Å²) in [7, 11) is 0. The molecule has 3 aromatic carbocycles. The third kappa shape index (κ3) is 4.56. The van der Waals surface area contributed by atoms with E-state index in [0.717, 1.165) is 16.8 Å². The Morgan fingerprint density at radius 2 is 1.85 bits per heavy atom. The van der Waals surface area contributed by atoms with Crippen LogP contribution in [0.1, 0.15) is 11.1 Å². The molecule has 33 heavy (non-hydrogen) atoms. The van der Waals surface area contributed by atoms with Crippen molar-refractivity contribution in [3.05, 3.63) is 88.2 Å². The Morgan fingerprint density at radius 1 is 1.06 bits per heavy atom. The fraction of sp³-hybridized carbons (Fsp3) is 0.160. The fourth-order valence-corrected chi connectivity index (χ4v) is 4.38. The van der Waals surface area contributed by atoms with Crippen LogP contribution < -0.4 is 20.3 Å². The van der Waals surface area contributed by atoms with Crippen LogP contribution in [0, 0.1) is 6.92 Å². The molecule has 166 valence electrons. The summed E-state index contributed by atoms with van der Waals surface area (Å²) in [5.41, 5.74) is 3.18. The number of fused-ring (bicyclic) bond motifs is 2. The number of carbonyl (C=O) groups is 1. The van der Waals surface area contributed by atoms with Gasteiger partial charge in [0.15, 0.2) is 16.7 Å². The molecule has 5 rings (SSSR count). The van der Waals surface area contributed by atoms with Crippen LogP contribution in [-0.2, 0) is 11.3 Å². The number of carbonyl (C=O) groups excluding carboxylic acids is 1. The van der Waals surface area contributed by atoms with E-state index < -0.39 is 0 Å². The molecule has 0 aliphatic carbocycles. The molecule has 0 spiro atoms. The maximum absolute atomic E-state index is 13.3. The summed E-state index contributed by atoms with van der Waals surface area (Å²) in [6, 6.07) is 20.4. The maximum atomic E-state index is 13.3. The normalized spacial score (nSPS) is 12.2. The fourth-order valence-electron chi connectivity index (χ4n) is 3.58. The van der Waals surface area contributed by atoms with E-state index in [-0.39, 0.29) is 24.0 Å². The summed E-state index contributed by atoms with van der Waals surface area (Å²) >= 11 is 1.24. The lowest BCUT2D eigenvalue weighted by molar-refractivity contribution is -0.113.